The van der Waals surface area contributed by atoms with Crippen molar-refractivity contribution in [3.8, 4) is 0 Å². The molecular formula is C69H112O6. The Kier molecular flexibility index (Phi) is 58.4. The molecule has 0 N–H and O–H groups in total. The van der Waals surface area contributed by atoms with Crippen LogP contribution in [0.3, 0.4) is 0 Å². The molecule has 1 atom stereocenters. The maximum Gasteiger partial charge on any atom is 0.306 e. The van der Waals surface area contributed by atoms with Gasteiger partial charge in [0.25, 0.3) is 0 Å². The second kappa shape index (κ2) is 62.1. The molecule has 0 fully saturated rings. The van der Waals surface area contributed by atoms with Crippen LogP contribution >= 0.6 is 0 Å². The van der Waals surface area contributed by atoms with Gasteiger partial charge in [-0.3, -0.25) is 14.4 Å². The molecule has 0 aromatic rings. The van der Waals surface area contributed by atoms with E-state index < -0.39 is 12.1 Å². The van der Waals surface area contributed by atoms with Crippen molar-refractivity contribution >= 4 is 17.9 Å². The van der Waals surface area contributed by atoms with E-state index in [2.05, 4.69) is 148 Å². The van der Waals surface area contributed by atoms with Crippen LogP contribution in [0.1, 0.15) is 265 Å². The largest absolute Gasteiger partial charge is 0.462 e. The van der Waals surface area contributed by atoms with Gasteiger partial charge in [0.15, 0.2) is 6.10 Å². The standard InChI is InChI=1S/C69H112O6/c1-4-7-10-13-16-19-22-25-28-30-32-33-34-35-37-38-41-44-47-50-53-56-59-62-68(71)74-65-66(64-73-67(70)61-58-55-52-49-46-43-40-27-24-21-18-15-12-9-6-3)75-69(72)63-60-57-54-51-48-45-42-39-36-31-29-26-23-20-17-14-11-8-5-2/h7-8,10-11,16-17,19-20,25-29,32-33,36,39-40,45,48,54,57,66H,4-6,9,12-15,18,21-24,30-31,34-35,37-38,41-44,46-47,49-53,55-56,58-65H2,1-3H3/b10-7-,11-8-,19-16-,20-17-,28-25-,29-26-,33-32-,39-36-,40-27-,48-45-,57-54-. The molecule has 0 aliphatic heterocycles. The van der Waals surface area contributed by atoms with Gasteiger partial charge in [-0.15, -0.1) is 0 Å². The first-order valence-corrected chi connectivity index (χ1v) is 30.7. The Hall–Kier alpha value is -4.45. The molecule has 0 saturated carbocycles. The summed E-state index contributed by atoms with van der Waals surface area (Å²) in [6.07, 6.45) is 87.4. The van der Waals surface area contributed by atoms with Crippen molar-refractivity contribution in [2.75, 3.05) is 13.2 Å². The predicted octanol–water partition coefficient (Wildman–Crippen LogP) is 21.0. The maximum absolute atomic E-state index is 12.9. The van der Waals surface area contributed by atoms with Gasteiger partial charge in [0.1, 0.15) is 13.2 Å². The van der Waals surface area contributed by atoms with Gasteiger partial charge in [-0.05, 0) is 122 Å². The van der Waals surface area contributed by atoms with Crippen LogP contribution < -0.4 is 0 Å². The molecule has 6 heteroatoms. The van der Waals surface area contributed by atoms with Gasteiger partial charge in [-0.25, -0.2) is 0 Å². The van der Waals surface area contributed by atoms with E-state index in [4.69, 9.17) is 14.2 Å². The summed E-state index contributed by atoms with van der Waals surface area (Å²) in [6, 6.07) is 0. The van der Waals surface area contributed by atoms with Crippen molar-refractivity contribution in [1.29, 1.82) is 0 Å². The van der Waals surface area contributed by atoms with Crippen LogP contribution in [0, 0.1) is 0 Å². The molecule has 424 valence electrons. The van der Waals surface area contributed by atoms with Crippen LogP contribution in [0.15, 0.2) is 134 Å². The minimum absolute atomic E-state index is 0.116. The number of unbranched alkanes of at least 4 members (excludes halogenated alkanes) is 21. The molecule has 0 heterocycles. The highest BCUT2D eigenvalue weighted by Gasteiger charge is 2.19. The minimum atomic E-state index is -0.829. The highest BCUT2D eigenvalue weighted by Crippen LogP contribution is 2.14. The maximum atomic E-state index is 12.9. The summed E-state index contributed by atoms with van der Waals surface area (Å²) < 4.78 is 16.8. The van der Waals surface area contributed by atoms with E-state index in [0.717, 1.165) is 116 Å². The van der Waals surface area contributed by atoms with Gasteiger partial charge in [0.2, 0.25) is 0 Å². The van der Waals surface area contributed by atoms with Gasteiger partial charge in [-0.1, -0.05) is 257 Å². The van der Waals surface area contributed by atoms with E-state index in [-0.39, 0.29) is 31.6 Å². The van der Waals surface area contributed by atoms with E-state index in [1.54, 1.807) is 0 Å². The fourth-order valence-corrected chi connectivity index (χ4v) is 8.10. The molecule has 0 radical (unpaired) electrons. The summed E-state index contributed by atoms with van der Waals surface area (Å²) in [5.41, 5.74) is 0. The first-order valence-electron chi connectivity index (χ1n) is 30.7. The second-order valence-electron chi connectivity index (χ2n) is 19.8. The average Bonchev–Trinajstić information content (AvgIpc) is 3.41. The summed E-state index contributed by atoms with van der Waals surface area (Å²) in [5.74, 6) is -1.01. The summed E-state index contributed by atoms with van der Waals surface area (Å²) in [5, 5.41) is 0. The van der Waals surface area contributed by atoms with Crippen molar-refractivity contribution in [2.45, 2.75) is 271 Å². The molecule has 1 unspecified atom stereocenters. The normalized spacial score (nSPS) is 13.1. The monoisotopic (exact) mass is 1040 g/mol. The topological polar surface area (TPSA) is 78.9 Å². The van der Waals surface area contributed by atoms with E-state index in [9.17, 15) is 14.4 Å². The molecule has 0 rings (SSSR count). The predicted molar refractivity (Wildman–Crippen MR) is 325 cm³/mol. The summed E-state index contributed by atoms with van der Waals surface area (Å²) in [6.45, 7) is 6.34. The molecule has 0 saturated heterocycles. The number of esters is 3. The number of rotatable bonds is 54. The minimum Gasteiger partial charge on any atom is -0.462 e. The number of hydrogen-bond acceptors (Lipinski definition) is 6. The van der Waals surface area contributed by atoms with Crippen molar-refractivity contribution in [3.63, 3.8) is 0 Å². The zero-order valence-electron chi connectivity index (χ0n) is 48.5. The lowest BCUT2D eigenvalue weighted by Crippen LogP contribution is -2.30. The molecule has 0 aromatic carbocycles. The number of carbonyl (C=O) groups excluding carboxylic acids is 3. The summed E-state index contributed by atoms with van der Waals surface area (Å²) >= 11 is 0. The van der Waals surface area contributed by atoms with E-state index in [1.165, 1.54) is 103 Å². The van der Waals surface area contributed by atoms with Gasteiger partial charge in [0, 0.05) is 19.3 Å². The van der Waals surface area contributed by atoms with E-state index >= 15 is 0 Å². The molecule has 0 aromatic heterocycles. The highest BCUT2D eigenvalue weighted by molar-refractivity contribution is 5.71. The number of carbonyl (C=O) groups is 3. The van der Waals surface area contributed by atoms with Crippen molar-refractivity contribution < 1.29 is 28.6 Å². The molecular weight excluding hydrogens is 925 g/mol. The van der Waals surface area contributed by atoms with E-state index in [0.29, 0.717) is 19.3 Å². The van der Waals surface area contributed by atoms with Crippen LogP contribution in [0.4, 0.5) is 0 Å². The van der Waals surface area contributed by atoms with Gasteiger partial charge in [-0.2, -0.15) is 0 Å². The van der Waals surface area contributed by atoms with Crippen LogP contribution in [-0.2, 0) is 28.6 Å². The summed E-state index contributed by atoms with van der Waals surface area (Å²) in [4.78, 5) is 38.2. The number of hydrogen-bond donors (Lipinski definition) is 0. The van der Waals surface area contributed by atoms with Crippen LogP contribution in [0.25, 0.3) is 0 Å². The Balaban J connectivity index is 4.49. The molecule has 0 aliphatic carbocycles. The smallest absolute Gasteiger partial charge is 0.306 e. The van der Waals surface area contributed by atoms with Gasteiger partial charge < -0.3 is 14.2 Å². The first-order chi connectivity index (χ1) is 37.0. The zero-order valence-corrected chi connectivity index (χ0v) is 48.5. The lowest BCUT2D eigenvalue weighted by molar-refractivity contribution is -0.166. The second-order valence-corrected chi connectivity index (χ2v) is 19.8. The van der Waals surface area contributed by atoms with Crippen molar-refractivity contribution in [3.05, 3.63) is 134 Å². The third-order valence-corrected chi connectivity index (χ3v) is 12.6. The third kappa shape index (κ3) is 60.3. The van der Waals surface area contributed by atoms with Crippen LogP contribution in [0.5, 0.6) is 0 Å². The quantitative estimate of drug-likeness (QED) is 0.0261. The van der Waals surface area contributed by atoms with Gasteiger partial charge >= 0.3 is 17.9 Å². The zero-order chi connectivity index (χ0) is 54.3. The van der Waals surface area contributed by atoms with Gasteiger partial charge in [0.05, 0.1) is 0 Å². The van der Waals surface area contributed by atoms with Crippen LogP contribution in [-0.4, -0.2) is 37.2 Å². The SMILES string of the molecule is CC/C=C\C/C=C\C/C=C\C/C=C\C/C=C\C/C=C\CCC(=O)OC(COC(=O)CCCCCCC/C=C\CCCCCCCC)COC(=O)CCCCCCCCCCCC/C=C\C/C=C\C/C=C\C/C=C\CC. The molecule has 75 heavy (non-hydrogen) atoms. The number of allylic oxidation sites excluding steroid dienone is 22. The lowest BCUT2D eigenvalue weighted by atomic mass is 10.1. The first kappa shape index (κ1) is 70.5. The van der Waals surface area contributed by atoms with Crippen molar-refractivity contribution in [2.24, 2.45) is 0 Å². The molecule has 0 aliphatic rings. The highest BCUT2D eigenvalue weighted by atomic mass is 16.6. The molecule has 6 nitrogen and oxygen atoms in total. The fraction of sp³-hybridized carbons (Fsp3) is 0.638. The lowest BCUT2D eigenvalue weighted by Gasteiger charge is -2.18. The molecule has 0 spiro atoms. The van der Waals surface area contributed by atoms with Crippen LogP contribution in [0.2, 0.25) is 0 Å². The molecule has 0 bridgehead atoms. The average molecular weight is 1040 g/mol. The fourth-order valence-electron chi connectivity index (χ4n) is 8.10. The Bertz CT molecular complexity index is 1620. The van der Waals surface area contributed by atoms with E-state index in [1.807, 2.05) is 6.08 Å². The number of ether oxygens (including phenoxy) is 3. The Morgan fingerprint density at radius 2 is 0.547 bits per heavy atom. The molecule has 0 amide bonds. The van der Waals surface area contributed by atoms with Crippen molar-refractivity contribution in [1.82, 2.24) is 0 Å². The third-order valence-electron chi connectivity index (χ3n) is 12.6. The Labute approximate surface area is 462 Å². The Morgan fingerprint density at radius 3 is 0.880 bits per heavy atom. The Morgan fingerprint density at radius 1 is 0.280 bits per heavy atom. The summed E-state index contributed by atoms with van der Waals surface area (Å²) in [7, 11) is 0.